The predicted octanol–water partition coefficient (Wildman–Crippen LogP) is 2.63. The van der Waals surface area contributed by atoms with Crippen molar-refractivity contribution in [1.29, 1.82) is 0 Å². The van der Waals surface area contributed by atoms with E-state index in [1.54, 1.807) is 0 Å². The average molecular weight is 254 g/mol. The quantitative estimate of drug-likeness (QED) is 0.605. The molecule has 3 unspecified atom stereocenters. The molecule has 0 bridgehead atoms. The number of carbonyl (C=O) groups excluding carboxylic acids is 1. The topological polar surface area (TPSA) is 63.6 Å². The normalized spacial score (nSPS) is 27.2. The molecule has 0 radical (unpaired) electrons. The number of esters is 1. The number of allylic oxidation sites excluding steroid dienone is 2. The van der Waals surface area contributed by atoms with Crippen LogP contribution in [0.1, 0.15) is 40.0 Å². The van der Waals surface area contributed by atoms with Crippen LogP contribution in [-0.2, 0) is 14.3 Å². The highest BCUT2D eigenvalue weighted by Crippen LogP contribution is 2.32. The third-order valence-electron chi connectivity index (χ3n) is 3.61. The van der Waals surface area contributed by atoms with Gasteiger partial charge in [0.1, 0.15) is 6.10 Å². The SMILES string of the molecule is CCC(CC)OC(=O)C1C(C)C=CCC1C(=O)O. The summed E-state index contributed by atoms with van der Waals surface area (Å²) in [6, 6.07) is 0. The van der Waals surface area contributed by atoms with Crippen LogP contribution in [0.5, 0.6) is 0 Å². The van der Waals surface area contributed by atoms with Crippen molar-refractivity contribution in [1.82, 2.24) is 0 Å². The first-order valence-corrected chi connectivity index (χ1v) is 6.61. The molecule has 0 saturated carbocycles. The molecule has 0 aromatic rings. The van der Waals surface area contributed by atoms with Crippen molar-refractivity contribution in [3.63, 3.8) is 0 Å². The Hall–Kier alpha value is -1.32. The van der Waals surface area contributed by atoms with Crippen LogP contribution in [0.3, 0.4) is 0 Å². The molecule has 0 aromatic heterocycles. The van der Waals surface area contributed by atoms with Gasteiger partial charge in [-0.25, -0.2) is 0 Å². The van der Waals surface area contributed by atoms with Crippen molar-refractivity contribution in [2.75, 3.05) is 0 Å². The monoisotopic (exact) mass is 254 g/mol. The molecule has 4 nitrogen and oxygen atoms in total. The zero-order valence-corrected chi connectivity index (χ0v) is 11.3. The van der Waals surface area contributed by atoms with Crippen molar-refractivity contribution in [3.8, 4) is 0 Å². The van der Waals surface area contributed by atoms with Gasteiger partial charge < -0.3 is 9.84 Å². The Morgan fingerprint density at radius 3 is 2.50 bits per heavy atom. The van der Waals surface area contributed by atoms with Gasteiger partial charge in [-0.3, -0.25) is 9.59 Å². The molecule has 0 heterocycles. The van der Waals surface area contributed by atoms with Gasteiger partial charge in [0.2, 0.25) is 0 Å². The van der Waals surface area contributed by atoms with Gasteiger partial charge in [-0.1, -0.05) is 32.9 Å². The standard InChI is InChI=1S/C14H22O4/c1-4-10(5-2)18-14(17)12-9(3)7-6-8-11(12)13(15)16/h6-7,9-12H,4-5,8H2,1-3H3,(H,15,16). The summed E-state index contributed by atoms with van der Waals surface area (Å²) in [5.41, 5.74) is 0. The predicted molar refractivity (Wildman–Crippen MR) is 68.0 cm³/mol. The van der Waals surface area contributed by atoms with Crippen LogP contribution >= 0.6 is 0 Å². The minimum Gasteiger partial charge on any atom is -0.481 e. The maximum atomic E-state index is 12.1. The highest BCUT2D eigenvalue weighted by molar-refractivity contribution is 5.82. The second kappa shape index (κ2) is 6.57. The van der Waals surface area contributed by atoms with E-state index in [2.05, 4.69) is 0 Å². The Balaban J connectivity index is 2.79. The van der Waals surface area contributed by atoms with Gasteiger partial charge in [-0.15, -0.1) is 0 Å². The largest absolute Gasteiger partial charge is 0.481 e. The van der Waals surface area contributed by atoms with Crippen LogP contribution in [0.4, 0.5) is 0 Å². The van der Waals surface area contributed by atoms with E-state index in [1.807, 2.05) is 32.9 Å². The number of hydrogen-bond donors (Lipinski definition) is 1. The maximum absolute atomic E-state index is 12.1. The minimum atomic E-state index is -0.919. The molecule has 1 aliphatic rings. The first kappa shape index (κ1) is 14.7. The van der Waals surface area contributed by atoms with Gasteiger partial charge in [-0.05, 0) is 25.2 Å². The van der Waals surface area contributed by atoms with E-state index >= 15 is 0 Å². The number of ether oxygens (including phenoxy) is 1. The molecule has 4 heteroatoms. The molecule has 18 heavy (non-hydrogen) atoms. The summed E-state index contributed by atoms with van der Waals surface area (Å²) in [5, 5.41) is 9.18. The maximum Gasteiger partial charge on any atom is 0.310 e. The van der Waals surface area contributed by atoms with Crippen LogP contribution in [-0.4, -0.2) is 23.1 Å². The summed E-state index contributed by atoms with van der Waals surface area (Å²) in [6.45, 7) is 5.78. The summed E-state index contributed by atoms with van der Waals surface area (Å²) in [7, 11) is 0. The summed E-state index contributed by atoms with van der Waals surface area (Å²) < 4.78 is 5.40. The lowest BCUT2D eigenvalue weighted by molar-refractivity contribution is -0.164. The lowest BCUT2D eigenvalue weighted by atomic mass is 9.76. The number of aliphatic carboxylic acids is 1. The average Bonchev–Trinajstić information content (AvgIpc) is 2.35. The summed E-state index contributed by atoms with van der Waals surface area (Å²) >= 11 is 0. The summed E-state index contributed by atoms with van der Waals surface area (Å²) in [4.78, 5) is 23.3. The van der Waals surface area contributed by atoms with Crippen LogP contribution in [0.25, 0.3) is 0 Å². The molecule has 0 spiro atoms. The van der Waals surface area contributed by atoms with Crippen molar-refractivity contribution in [2.24, 2.45) is 17.8 Å². The second-order valence-corrected chi connectivity index (χ2v) is 4.87. The molecule has 0 saturated heterocycles. The highest BCUT2D eigenvalue weighted by Gasteiger charge is 2.39. The number of rotatable bonds is 5. The second-order valence-electron chi connectivity index (χ2n) is 4.87. The lowest BCUT2D eigenvalue weighted by Gasteiger charge is -2.30. The molecule has 3 atom stereocenters. The molecule has 1 rings (SSSR count). The van der Waals surface area contributed by atoms with E-state index in [1.165, 1.54) is 0 Å². The van der Waals surface area contributed by atoms with Crippen molar-refractivity contribution >= 4 is 11.9 Å². The van der Waals surface area contributed by atoms with E-state index in [0.29, 0.717) is 6.42 Å². The van der Waals surface area contributed by atoms with Gasteiger partial charge in [-0.2, -0.15) is 0 Å². The molecular weight excluding hydrogens is 232 g/mol. The fraction of sp³-hybridized carbons (Fsp3) is 0.714. The lowest BCUT2D eigenvalue weighted by Crippen LogP contribution is -2.38. The van der Waals surface area contributed by atoms with Gasteiger partial charge >= 0.3 is 11.9 Å². The third kappa shape index (κ3) is 3.34. The first-order chi connectivity index (χ1) is 8.51. The van der Waals surface area contributed by atoms with Crippen LogP contribution in [0.15, 0.2) is 12.2 Å². The molecule has 0 amide bonds. The zero-order chi connectivity index (χ0) is 13.7. The van der Waals surface area contributed by atoms with Crippen molar-refractivity contribution in [2.45, 2.75) is 46.1 Å². The highest BCUT2D eigenvalue weighted by atomic mass is 16.5. The number of carboxylic acids is 1. The van der Waals surface area contributed by atoms with E-state index in [9.17, 15) is 14.7 Å². The Morgan fingerprint density at radius 1 is 1.39 bits per heavy atom. The third-order valence-corrected chi connectivity index (χ3v) is 3.61. The van der Waals surface area contributed by atoms with Crippen LogP contribution < -0.4 is 0 Å². The molecule has 0 fully saturated rings. The van der Waals surface area contributed by atoms with Crippen LogP contribution in [0.2, 0.25) is 0 Å². The van der Waals surface area contributed by atoms with Crippen molar-refractivity contribution < 1.29 is 19.4 Å². The Bertz CT molecular complexity index is 331. The first-order valence-electron chi connectivity index (χ1n) is 6.61. The number of hydrogen-bond acceptors (Lipinski definition) is 3. The van der Waals surface area contributed by atoms with E-state index < -0.39 is 17.8 Å². The molecule has 102 valence electrons. The molecular formula is C14H22O4. The summed E-state index contributed by atoms with van der Waals surface area (Å²) in [5.74, 6) is -2.59. The van der Waals surface area contributed by atoms with E-state index in [4.69, 9.17) is 4.74 Å². The summed E-state index contributed by atoms with van der Waals surface area (Å²) in [6.07, 6.45) is 5.56. The van der Waals surface area contributed by atoms with Gasteiger partial charge in [0, 0.05) is 0 Å². The smallest absolute Gasteiger partial charge is 0.310 e. The van der Waals surface area contributed by atoms with E-state index in [0.717, 1.165) is 12.8 Å². The molecule has 1 N–H and O–H groups in total. The van der Waals surface area contributed by atoms with Gasteiger partial charge in [0.05, 0.1) is 11.8 Å². The Kier molecular flexibility index (Phi) is 5.38. The van der Waals surface area contributed by atoms with Gasteiger partial charge in [0.25, 0.3) is 0 Å². The molecule has 1 aliphatic carbocycles. The fourth-order valence-electron chi connectivity index (χ4n) is 2.40. The zero-order valence-electron chi connectivity index (χ0n) is 11.3. The molecule has 0 aromatic carbocycles. The Morgan fingerprint density at radius 2 is 2.00 bits per heavy atom. The minimum absolute atomic E-state index is 0.0817. The molecule has 0 aliphatic heterocycles. The van der Waals surface area contributed by atoms with Crippen LogP contribution in [0, 0.1) is 17.8 Å². The van der Waals surface area contributed by atoms with Gasteiger partial charge in [0.15, 0.2) is 0 Å². The van der Waals surface area contributed by atoms with E-state index in [-0.39, 0.29) is 18.0 Å². The number of carbonyl (C=O) groups is 2. The number of carboxylic acid groups (broad SMARTS) is 1. The van der Waals surface area contributed by atoms with Crippen molar-refractivity contribution in [3.05, 3.63) is 12.2 Å². The Labute approximate surface area is 108 Å². The fourth-order valence-corrected chi connectivity index (χ4v) is 2.40.